The first-order valence-corrected chi connectivity index (χ1v) is 7.67. The van der Waals surface area contributed by atoms with Gasteiger partial charge in [-0.05, 0) is 48.6 Å². The van der Waals surface area contributed by atoms with E-state index in [-0.39, 0.29) is 30.2 Å². The van der Waals surface area contributed by atoms with Gasteiger partial charge in [0.2, 0.25) is 5.91 Å². The summed E-state index contributed by atoms with van der Waals surface area (Å²) in [6, 6.07) is 9.60. The number of rotatable bonds is 5. The molecule has 1 amide bonds. The molecule has 1 aliphatic carbocycles. The highest BCUT2D eigenvalue weighted by Gasteiger charge is 2.44. The first-order valence-electron chi connectivity index (χ1n) is 7.67. The molecule has 0 saturated heterocycles. The third-order valence-corrected chi connectivity index (χ3v) is 4.24. The highest BCUT2D eigenvalue weighted by atomic mass is 19.1. The number of amides is 1. The maximum Gasteiger partial charge on any atom is 0.224 e. The van der Waals surface area contributed by atoms with Gasteiger partial charge >= 0.3 is 0 Å². The predicted molar refractivity (Wildman–Crippen MR) is 84.2 cm³/mol. The molecule has 3 rings (SSSR count). The van der Waals surface area contributed by atoms with Gasteiger partial charge in [-0.15, -0.1) is 0 Å². The highest BCUT2D eigenvalue weighted by molar-refractivity contribution is 5.83. The number of hydrogen-bond acceptors (Lipinski definition) is 3. The van der Waals surface area contributed by atoms with Crippen molar-refractivity contribution in [3.63, 3.8) is 0 Å². The first kappa shape index (κ1) is 15.6. The summed E-state index contributed by atoms with van der Waals surface area (Å²) < 4.78 is 13.3. The van der Waals surface area contributed by atoms with E-state index >= 15 is 0 Å². The van der Waals surface area contributed by atoms with Crippen molar-refractivity contribution in [3.8, 4) is 0 Å². The number of carbonyl (C=O) groups excluding carboxylic acids is 1. The molecule has 4 nitrogen and oxygen atoms in total. The second-order valence-corrected chi connectivity index (χ2v) is 5.98. The first-order chi connectivity index (χ1) is 11.1. The molecule has 0 aliphatic heterocycles. The lowest BCUT2D eigenvalue weighted by molar-refractivity contribution is -0.123. The Morgan fingerprint density at radius 3 is 2.91 bits per heavy atom. The van der Waals surface area contributed by atoms with Crippen molar-refractivity contribution in [2.75, 3.05) is 6.61 Å². The number of hydrogen-bond donors (Lipinski definition) is 2. The molecule has 120 valence electrons. The lowest BCUT2D eigenvalue weighted by atomic mass is 10.1. The zero-order valence-corrected chi connectivity index (χ0v) is 12.9. The van der Waals surface area contributed by atoms with Crippen LogP contribution in [-0.4, -0.2) is 22.6 Å². The smallest absolute Gasteiger partial charge is 0.224 e. The van der Waals surface area contributed by atoms with Gasteiger partial charge in [0.25, 0.3) is 0 Å². The number of benzene rings is 1. The summed E-state index contributed by atoms with van der Waals surface area (Å²) in [5.74, 6) is -0.503. The molecular formula is C18H19FN2O2. The van der Waals surface area contributed by atoms with E-state index in [0.717, 1.165) is 16.8 Å². The zero-order chi connectivity index (χ0) is 16.4. The number of aromatic nitrogens is 1. The van der Waals surface area contributed by atoms with Gasteiger partial charge in [-0.2, -0.15) is 0 Å². The maximum absolute atomic E-state index is 13.3. The van der Waals surface area contributed by atoms with Gasteiger partial charge in [0, 0.05) is 17.8 Å². The average molecular weight is 314 g/mol. The van der Waals surface area contributed by atoms with Crippen molar-refractivity contribution in [2.24, 2.45) is 5.92 Å². The van der Waals surface area contributed by atoms with Crippen molar-refractivity contribution < 1.29 is 14.3 Å². The summed E-state index contributed by atoms with van der Waals surface area (Å²) >= 11 is 0. The predicted octanol–water partition coefficient (Wildman–Crippen LogP) is 2.48. The number of aliphatic hydroxyl groups excluding tert-OH is 1. The van der Waals surface area contributed by atoms with Crippen LogP contribution in [0.15, 0.2) is 42.6 Å². The molecule has 2 N–H and O–H groups in total. The van der Waals surface area contributed by atoms with Crippen LogP contribution in [-0.2, 0) is 4.79 Å². The van der Waals surface area contributed by atoms with Gasteiger partial charge in [-0.25, -0.2) is 4.39 Å². The van der Waals surface area contributed by atoms with E-state index in [1.807, 2.05) is 25.1 Å². The summed E-state index contributed by atoms with van der Waals surface area (Å²) in [4.78, 5) is 16.5. The Hall–Kier alpha value is -2.27. The topological polar surface area (TPSA) is 62.2 Å². The van der Waals surface area contributed by atoms with Gasteiger partial charge in [-0.3, -0.25) is 9.78 Å². The fourth-order valence-electron chi connectivity index (χ4n) is 2.79. The SMILES string of the molecule is Cc1ccc([C@H](CO)NC(=O)[C@H]2C[C@@H]2c2cccc(F)c2)cn1. The maximum atomic E-state index is 13.3. The molecule has 5 heteroatoms. The number of aliphatic hydroxyl groups is 1. The van der Waals surface area contributed by atoms with Gasteiger partial charge in [0.1, 0.15) is 5.82 Å². The van der Waals surface area contributed by atoms with E-state index < -0.39 is 6.04 Å². The molecular weight excluding hydrogens is 295 g/mol. The molecule has 0 bridgehead atoms. The molecule has 1 aromatic carbocycles. The highest BCUT2D eigenvalue weighted by Crippen LogP contribution is 2.47. The molecule has 1 aliphatic rings. The largest absolute Gasteiger partial charge is 0.394 e. The Morgan fingerprint density at radius 1 is 1.43 bits per heavy atom. The molecule has 1 heterocycles. The molecule has 2 aromatic rings. The van der Waals surface area contributed by atoms with E-state index in [1.165, 1.54) is 12.1 Å². The van der Waals surface area contributed by atoms with Crippen molar-refractivity contribution >= 4 is 5.91 Å². The minimum absolute atomic E-state index is 0.0567. The minimum atomic E-state index is -0.468. The third kappa shape index (κ3) is 3.56. The lowest BCUT2D eigenvalue weighted by Gasteiger charge is -2.16. The van der Waals surface area contributed by atoms with Gasteiger partial charge in [-0.1, -0.05) is 18.2 Å². The van der Waals surface area contributed by atoms with Crippen LogP contribution in [0.4, 0.5) is 4.39 Å². The van der Waals surface area contributed by atoms with Gasteiger partial charge in [0.15, 0.2) is 0 Å². The number of pyridine rings is 1. The number of nitrogens with one attached hydrogen (secondary N) is 1. The summed E-state index contributed by atoms with van der Waals surface area (Å²) in [6.07, 6.45) is 2.37. The molecule has 3 atom stereocenters. The average Bonchev–Trinajstić information content (AvgIpc) is 3.34. The summed E-state index contributed by atoms with van der Waals surface area (Å²) in [6.45, 7) is 1.69. The molecule has 0 unspecified atom stereocenters. The van der Waals surface area contributed by atoms with E-state index in [9.17, 15) is 14.3 Å². The molecule has 23 heavy (non-hydrogen) atoms. The molecule has 1 aromatic heterocycles. The summed E-state index contributed by atoms with van der Waals surface area (Å²) in [5, 5.41) is 12.4. The lowest BCUT2D eigenvalue weighted by Crippen LogP contribution is -2.32. The van der Waals surface area contributed by atoms with Gasteiger partial charge < -0.3 is 10.4 Å². The Kier molecular flexibility index (Phi) is 4.39. The van der Waals surface area contributed by atoms with E-state index in [2.05, 4.69) is 10.3 Å². The Morgan fingerprint density at radius 2 is 2.26 bits per heavy atom. The second kappa shape index (κ2) is 6.46. The standard InChI is InChI=1S/C18H19FN2O2/c1-11-5-6-13(9-20-11)17(10-22)21-18(23)16-8-15(16)12-3-2-4-14(19)7-12/h2-7,9,15-17,22H,8,10H2,1H3,(H,21,23)/t15-,16+,17+/m1/s1. The Balaban J connectivity index is 1.64. The molecule has 0 spiro atoms. The fraction of sp³-hybridized carbons (Fsp3) is 0.333. The normalized spacial score (nSPS) is 20.8. The van der Waals surface area contributed by atoms with E-state index in [1.54, 1.807) is 12.3 Å². The Bertz CT molecular complexity index is 702. The quantitative estimate of drug-likeness (QED) is 0.891. The summed E-state index contributed by atoms with van der Waals surface area (Å²) in [7, 11) is 0. The van der Waals surface area contributed by atoms with Crippen LogP contribution in [0, 0.1) is 18.7 Å². The van der Waals surface area contributed by atoms with Crippen LogP contribution in [0.3, 0.4) is 0 Å². The van der Waals surface area contributed by atoms with Crippen LogP contribution < -0.4 is 5.32 Å². The van der Waals surface area contributed by atoms with Crippen LogP contribution in [0.2, 0.25) is 0 Å². The van der Waals surface area contributed by atoms with Crippen molar-refractivity contribution in [1.29, 1.82) is 0 Å². The number of nitrogens with zero attached hydrogens (tertiary/aromatic N) is 1. The number of carbonyl (C=O) groups is 1. The van der Waals surface area contributed by atoms with Crippen LogP contribution in [0.25, 0.3) is 0 Å². The zero-order valence-electron chi connectivity index (χ0n) is 12.9. The van der Waals surface area contributed by atoms with Crippen molar-refractivity contribution in [3.05, 3.63) is 65.2 Å². The van der Waals surface area contributed by atoms with Gasteiger partial charge in [0.05, 0.1) is 12.6 Å². The van der Waals surface area contributed by atoms with Crippen LogP contribution in [0.1, 0.15) is 35.2 Å². The monoisotopic (exact) mass is 314 g/mol. The Labute approximate surface area is 134 Å². The van der Waals surface area contributed by atoms with Crippen molar-refractivity contribution in [2.45, 2.75) is 25.3 Å². The number of aryl methyl sites for hydroxylation is 1. The molecule has 1 fully saturated rings. The van der Waals surface area contributed by atoms with Crippen LogP contribution >= 0.6 is 0 Å². The molecule has 0 radical (unpaired) electrons. The summed E-state index contributed by atoms with van der Waals surface area (Å²) in [5.41, 5.74) is 2.50. The van der Waals surface area contributed by atoms with E-state index in [0.29, 0.717) is 6.42 Å². The third-order valence-electron chi connectivity index (χ3n) is 4.24. The fourth-order valence-corrected chi connectivity index (χ4v) is 2.79. The minimum Gasteiger partial charge on any atom is -0.394 e. The second-order valence-electron chi connectivity index (χ2n) is 5.98. The van der Waals surface area contributed by atoms with Crippen molar-refractivity contribution in [1.82, 2.24) is 10.3 Å². The van der Waals surface area contributed by atoms with E-state index in [4.69, 9.17) is 0 Å². The molecule has 1 saturated carbocycles. The van der Waals surface area contributed by atoms with Crippen LogP contribution in [0.5, 0.6) is 0 Å². The number of halogens is 1.